The van der Waals surface area contributed by atoms with Crippen LogP contribution in [0, 0.1) is 5.92 Å². The van der Waals surface area contributed by atoms with Crippen LogP contribution in [0.3, 0.4) is 0 Å². The summed E-state index contributed by atoms with van der Waals surface area (Å²) in [6, 6.07) is 11.7. The normalized spacial score (nSPS) is 23.3. The Labute approximate surface area is 193 Å². The Bertz CT molecular complexity index is 1110. The zero-order valence-corrected chi connectivity index (χ0v) is 18.9. The molecule has 1 amide bonds. The minimum absolute atomic E-state index is 0.0625. The van der Waals surface area contributed by atoms with E-state index in [1.54, 1.807) is 13.2 Å². The molecule has 2 heterocycles. The molecule has 1 N–H and O–H groups in total. The summed E-state index contributed by atoms with van der Waals surface area (Å²) >= 11 is 0. The van der Waals surface area contributed by atoms with Crippen LogP contribution in [0.4, 0.5) is 5.69 Å². The van der Waals surface area contributed by atoms with Gasteiger partial charge in [0.05, 0.1) is 26.4 Å². The molecule has 3 unspecified atom stereocenters. The van der Waals surface area contributed by atoms with Gasteiger partial charge in [-0.25, -0.2) is 0 Å². The second kappa shape index (κ2) is 8.90. The average Bonchev–Trinajstić information content (AvgIpc) is 3.34. The van der Waals surface area contributed by atoms with E-state index >= 15 is 0 Å². The molecule has 0 saturated carbocycles. The second-order valence-corrected chi connectivity index (χ2v) is 8.69. The molecule has 1 fully saturated rings. The third-order valence-corrected chi connectivity index (χ3v) is 6.71. The number of ether oxygens (including phenoxy) is 3. The van der Waals surface area contributed by atoms with Gasteiger partial charge in [-0.15, -0.1) is 0 Å². The highest BCUT2D eigenvalue weighted by atomic mass is 16.6. The summed E-state index contributed by atoms with van der Waals surface area (Å²) < 4.78 is 16.1. The highest BCUT2D eigenvalue weighted by molar-refractivity contribution is 5.95. The Kier molecular flexibility index (Phi) is 5.81. The van der Waals surface area contributed by atoms with Gasteiger partial charge in [-0.3, -0.25) is 9.59 Å². The van der Waals surface area contributed by atoms with Gasteiger partial charge < -0.3 is 24.4 Å². The molecule has 1 saturated heterocycles. The molecule has 2 aromatic carbocycles. The van der Waals surface area contributed by atoms with E-state index in [1.165, 1.54) is 6.92 Å². The SMILES string of the molecule is COc1cc(C2Nc3ccc(C(=O)N4CCOCC4)cc3C3C=CCC32)ccc1OC(C)=O. The largest absolute Gasteiger partial charge is 0.493 e. The van der Waals surface area contributed by atoms with Gasteiger partial charge in [0.2, 0.25) is 0 Å². The van der Waals surface area contributed by atoms with Crippen LogP contribution in [0.15, 0.2) is 48.6 Å². The lowest BCUT2D eigenvalue weighted by Crippen LogP contribution is -2.40. The van der Waals surface area contributed by atoms with Crippen molar-refractivity contribution in [2.75, 3.05) is 38.7 Å². The van der Waals surface area contributed by atoms with Crippen molar-refractivity contribution < 1.29 is 23.8 Å². The van der Waals surface area contributed by atoms with Crippen molar-refractivity contribution in [3.05, 3.63) is 65.2 Å². The molecule has 3 atom stereocenters. The number of carbonyl (C=O) groups is 2. The van der Waals surface area contributed by atoms with Gasteiger partial charge in [-0.05, 0) is 53.8 Å². The fourth-order valence-electron chi connectivity index (χ4n) is 5.12. The Balaban J connectivity index is 1.45. The molecule has 7 heteroatoms. The van der Waals surface area contributed by atoms with Crippen molar-refractivity contribution in [1.82, 2.24) is 4.90 Å². The number of hydrogen-bond acceptors (Lipinski definition) is 6. The summed E-state index contributed by atoms with van der Waals surface area (Å²) in [5.41, 5.74) is 3.99. The zero-order valence-electron chi connectivity index (χ0n) is 18.9. The van der Waals surface area contributed by atoms with Crippen molar-refractivity contribution in [2.45, 2.75) is 25.3 Å². The first kappa shape index (κ1) is 21.5. The van der Waals surface area contributed by atoms with E-state index in [0.29, 0.717) is 43.7 Å². The molecule has 3 aliphatic rings. The molecular weight excluding hydrogens is 420 g/mol. The number of nitrogens with one attached hydrogen (secondary N) is 1. The maximum atomic E-state index is 13.0. The molecule has 2 aliphatic heterocycles. The van der Waals surface area contributed by atoms with Gasteiger partial charge in [0.1, 0.15) is 0 Å². The summed E-state index contributed by atoms with van der Waals surface area (Å²) in [5, 5.41) is 3.69. The monoisotopic (exact) mass is 448 g/mol. The van der Waals surface area contributed by atoms with Gasteiger partial charge in [0.15, 0.2) is 11.5 Å². The molecule has 172 valence electrons. The Morgan fingerprint density at radius 3 is 2.67 bits per heavy atom. The number of fused-ring (bicyclic) bond motifs is 3. The van der Waals surface area contributed by atoms with Gasteiger partial charge in [-0.2, -0.15) is 0 Å². The number of nitrogens with zero attached hydrogens (tertiary/aromatic N) is 1. The first-order valence-corrected chi connectivity index (χ1v) is 11.4. The van der Waals surface area contributed by atoms with Crippen molar-refractivity contribution in [1.29, 1.82) is 0 Å². The molecule has 0 radical (unpaired) electrons. The van der Waals surface area contributed by atoms with E-state index in [4.69, 9.17) is 14.2 Å². The van der Waals surface area contributed by atoms with Crippen LogP contribution in [0.5, 0.6) is 11.5 Å². The van der Waals surface area contributed by atoms with E-state index in [2.05, 4.69) is 17.5 Å². The fourth-order valence-corrected chi connectivity index (χ4v) is 5.12. The summed E-state index contributed by atoms with van der Waals surface area (Å²) in [6.07, 6.45) is 5.42. The minimum Gasteiger partial charge on any atom is -0.493 e. The molecule has 1 aliphatic carbocycles. The third-order valence-electron chi connectivity index (χ3n) is 6.71. The number of methoxy groups -OCH3 is 1. The molecule has 33 heavy (non-hydrogen) atoms. The molecular formula is C26H28N2O5. The number of carbonyl (C=O) groups excluding carboxylic acids is 2. The Morgan fingerprint density at radius 2 is 1.91 bits per heavy atom. The zero-order chi connectivity index (χ0) is 22.9. The Morgan fingerprint density at radius 1 is 1.09 bits per heavy atom. The highest BCUT2D eigenvalue weighted by Gasteiger charge is 2.38. The second-order valence-electron chi connectivity index (χ2n) is 8.69. The number of anilines is 1. The van der Waals surface area contributed by atoms with Crippen molar-refractivity contribution in [3.63, 3.8) is 0 Å². The lowest BCUT2D eigenvalue weighted by atomic mass is 9.76. The van der Waals surface area contributed by atoms with Gasteiger partial charge in [-0.1, -0.05) is 18.2 Å². The van der Waals surface area contributed by atoms with E-state index in [9.17, 15) is 9.59 Å². The van der Waals surface area contributed by atoms with E-state index < -0.39 is 0 Å². The molecule has 0 aromatic heterocycles. The first-order chi connectivity index (χ1) is 16.0. The van der Waals surface area contributed by atoms with Gasteiger partial charge in [0.25, 0.3) is 5.91 Å². The maximum Gasteiger partial charge on any atom is 0.308 e. The van der Waals surface area contributed by atoms with Crippen molar-refractivity contribution >= 4 is 17.6 Å². The molecule has 0 spiro atoms. The van der Waals surface area contributed by atoms with Gasteiger partial charge in [0, 0.05) is 37.2 Å². The van der Waals surface area contributed by atoms with E-state index in [1.807, 2.05) is 35.2 Å². The van der Waals surface area contributed by atoms with Crippen LogP contribution in [0.25, 0.3) is 0 Å². The minimum atomic E-state index is -0.381. The predicted octanol–water partition coefficient (Wildman–Crippen LogP) is 3.92. The number of esters is 1. The molecule has 7 nitrogen and oxygen atoms in total. The number of rotatable bonds is 4. The van der Waals surface area contributed by atoms with Crippen molar-refractivity contribution in [3.8, 4) is 11.5 Å². The van der Waals surface area contributed by atoms with E-state index in [0.717, 1.165) is 28.8 Å². The van der Waals surface area contributed by atoms with E-state index in [-0.39, 0.29) is 23.8 Å². The topological polar surface area (TPSA) is 77.1 Å². The standard InChI is InChI=1S/C26H28N2O5/c1-16(29)33-23-9-7-17(15-24(23)31-2)25-20-5-3-4-19(20)21-14-18(6-8-22(21)27-25)26(30)28-10-12-32-13-11-28/h3-4,6-9,14-15,19-20,25,27H,5,10-13H2,1-2H3. The first-order valence-electron chi connectivity index (χ1n) is 11.4. The lowest BCUT2D eigenvalue weighted by Gasteiger charge is -2.38. The third kappa shape index (κ3) is 4.09. The molecule has 2 aromatic rings. The van der Waals surface area contributed by atoms with Crippen LogP contribution in [-0.4, -0.2) is 50.2 Å². The predicted molar refractivity (Wildman–Crippen MR) is 124 cm³/mol. The number of hydrogen-bond donors (Lipinski definition) is 1. The van der Waals surface area contributed by atoms with Crippen molar-refractivity contribution in [2.24, 2.45) is 5.92 Å². The summed E-state index contributed by atoms with van der Waals surface area (Å²) in [6.45, 7) is 3.82. The number of amides is 1. The number of benzene rings is 2. The smallest absolute Gasteiger partial charge is 0.308 e. The number of morpholine rings is 1. The lowest BCUT2D eigenvalue weighted by molar-refractivity contribution is -0.132. The summed E-state index contributed by atoms with van der Waals surface area (Å²) in [7, 11) is 1.57. The number of allylic oxidation sites excluding steroid dienone is 2. The maximum absolute atomic E-state index is 13.0. The molecule has 0 bridgehead atoms. The van der Waals surface area contributed by atoms with Crippen LogP contribution in [0.2, 0.25) is 0 Å². The Hall–Kier alpha value is -3.32. The summed E-state index contributed by atoms with van der Waals surface area (Å²) in [4.78, 5) is 26.3. The molecule has 5 rings (SSSR count). The van der Waals surface area contributed by atoms with Gasteiger partial charge >= 0.3 is 5.97 Å². The highest BCUT2D eigenvalue weighted by Crippen LogP contribution is 2.50. The average molecular weight is 449 g/mol. The van der Waals surface area contributed by atoms with Crippen LogP contribution in [0.1, 0.15) is 46.8 Å². The summed E-state index contributed by atoms with van der Waals surface area (Å²) in [5.74, 6) is 1.17. The van der Waals surface area contributed by atoms with Crippen LogP contribution in [-0.2, 0) is 9.53 Å². The fraction of sp³-hybridized carbons (Fsp3) is 0.385. The van der Waals surface area contributed by atoms with Crippen LogP contribution >= 0.6 is 0 Å². The quantitative estimate of drug-likeness (QED) is 0.434. The van der Waals surface area contributed by atoms with Crippen LogP contribution < -0.4 is 14.8 Å².